The fourth-order valence-electron chi connectivity index (χ4n) is 3.07. The van der Waals surface area contributed by atoms with E-state index in [1.165, 1.54) is 11.1 Å². The lowest BCUT2D eigenvalue weighted by molar-refractivity contribution is -0.149. The van der Waals surface area contributed by atoms with Crippen molar-refractivity contribution in [3.8, 4) is 11.5 Å². The molecule has 0 unspecified atom stereocenters. The van der Waals surface area contributed by atoms with Gasteiger partial charge in [0.25, 0.3) is 0 Å². The SMILES string of the molecule is CCCOc1ccc(C(C)(C)c2ccc(OC[C@@H](CCl)OC(=O)CCC)cc2)cc1. The summed E-state index contributed by atoms with van der Waals surface area (Å²) in [6, 6.07) is 16.3. The van der Waals surface area contributed by atoms with Crippen LogP contribution in [0, 0.1) is 0 Å². The fraction of sp³-hybridized carbons (Fsp3) is 0.480. The maximum absolute atomic E-state index is 11.6. The molecule has 0 fully saturated rings. The molecule has 0 aromatic heterocycles. The Hall–Kier alpha value is -2.20. The van der Waals surface area contributed by atoms with Gasteiger partial charge in [0.15, 0.2) is 0 Å². The molecular formula is C25H33ClO4. The molecule has 0 N–H and O–H groups in total. The molecule has 0 saturated carbocycles. The highest BCUT2D eigenvalue weighted by Gasteiger charge is 2.23. The normalized spacial score (nSPS) is 12.3. The number of benzene rings is 2. The van der Waals surface area contributed by atoms with Gasteiger partial charge in [0.1, 0.15) is 24.2 Å². The Morgan fingerprint density at radius 2 is 1.43 bits per heavy atom. The van der Waals surface area contributed by atoms with E-state index in [0.29, 0.717) is 6.42 Å². The van der Waals surface area contributed by atoms with Crippen molar-refractivity contribution in [2.24, 2.45) is 0 Å². The zero-order chi connectivity index (χ0) is 22.0. The van der Waals surface area contributed by atoms with Gasteiger partial charge in [0.2, 0.25) is 0 Å². The van der Waals surface area contributed by atoms with Gasteiger partial charge in [-0.3, -0.25) is 4.79 Å². The number of alkyl halides is 1. The van der Waals surface area contributed by atoms with Gasteiger partial charge in [-0.1, -0.05) is 52.0 Å². The summed E-state index contributed by atoms with van der Waals surface area (Å²) in [6.45, 7) is 9.39. The molecule has 0 aliphatic heterocycles. The lowest BCUT2D eigenvalue weighted by Gasteiger charge is -2.26. The maximum atomic E-state index is 11.6. The Bertz CT molecular complexity index is 769. The summed E-state index contributed by atoms with van der Waals surface area (Å²) in [5, 5.41) is 0. The molecule has 4 nitrogen and oxygen atoms in total. The number of carbonyl (C=O) groups excluding carboxylic acids is 1. The van der Waals surface area contributed by atoms with Gasteiger partial charge in [0, 0.05) is 11.8 Å². The van der Waals surface area contributed by atoms with E-state index in [1.807, 2.05) is 31.2 Å². The zero-order valence-corrected chi connectivity index (χ0v) is 19.2. The first-order valence-electron chi connectivity index (χ1n) is 10.6. The molecule has 0 bridgehead atoms. The lowest BCUT2D eigenvalue weighted by Crippen LogP contribution is -2.26. The predicted octanol–water partition coefficient (Wildman–Crippen LogP) is 6.13. The monoisotopic (exact) mass is 432 g/mol. The van der Waals surface area contributed by atoms with E-state index in [4.69, 9.17) is 25.8 Å². The quantitative estimate of drug-likeness (QED) is 0.299. The van der Waals surface area contributed by atoms with E-state index in [9.17, 15) is 4.79 Å². The molecule has 2 rings (SSSR count). The van der Waals surface area contributed by atoms with Crippen LogP contribution in [0.15, 0.2) is 48.5 Å². The largest absolute Gasteiger partial charge is 0.494 e. The van der Waals surface area contributed by atoms with Crippen LogP contribution in [0.1, 0.15) is 58.1 Å². The molecule has 0 spiro atoms. The van der Waals surface area contributed by atoms with E-state index in [0.717, 1.165) is 30.9 Å². The van der Waals surface area contributed by atoms with E-state index < -0.39 is 6.10 Å². The molecule has 2 aromatic rings. The van der Waals surface area contributed by atoms with Gasteiger partial charge in [-0.15, -0.1) is 11.6 Å². The maximum Gasteiger partial charge on any atom is 0.306 e. The van der Waals surface area contributed by atoms with Crippen LogP contribution in [0.5, 0.6) is 11.5 Å². The molecule has 0 saturated heterocycles. The van der Waals surface area contributed by atoms with Crippen molar-refractivity contribution < 1.29 is 19.0 Å². The number of carbonyl (C=O) groups is 1. The van der Waals surface area contributed by atoms with Crippen molar-refractivity contribution in [3.05, 3.63) is 59.7 Å². The molecular weight excluding hydrogens is 400 g/mol. The highest BCUT2D eigenvalue weighted by Crippen LogP contribution is 2.33. The van der Waals surface area contributed by atoms with E-state index in [1.54, 1.807) is 0 Å². The topological polar surface area (TPSA) is 44.8 Å². The Balaban J connectivity index is 1.99. The summed E-state index contributed by atoms with van der Waals surface area (Å²) in [4.78, 5) is 11.6. The van der Waals surface area contributed by atoms with Crippen LogP contribution in [0.3, 0.4) is 0 Å². The average molecular weight is 433 g/mol. The molecule has 0 aliphatic carbocycles. The van der Waals surface area contributed by atoms with Crippen molar-refractivity contribution in [2.75, 3.05) is 19.1 Å². The summed E-state index contributed by atoms with van der Waals surface area (Å²) < 4.78 is 16.8. The van der Waals surface area contributed by atoms with Crippen LogP contribution < -0.4 is 9.47 Å². The van der Waals surface area contributed by atoms with Crippen molar-refractivity contribution >= 4 is 17.6 Å². The minimum atomic E-state index is -0.449. The number of ether oxygens (including phenoxy) is 3. The van der Waals surface area contributed by atoms with E-state index in [2.05, 4.69) is 45.0 Å². The summed E-state index contributed by atoms with van der Waals surface area (Å²) >= 11 is 5.90. The lowest BCUT2D eigenvalue weighted by atomic mass is 9.78. The molecule has 0 amide bonds. The zero-order valence-electron chi connectivity index (χ0n) is 18.4. The molecule has 0 radical (unpaired) electrons. The Morgan fingerprint density at radius 3 is 1.90 bits per heavy atom. The van der Waals surface area contributed by atoms with Gasteiger partial charge >= 0.3 is 5.97 Å². The molecule has 5 heteroatoms. The first-order valence-corrected chi connectivity index (χ1v) is 11.2. The number of hydrogen-bond acceptors (Lipinski definition) is 4. The first kappa shape index (κ1) is 24.1. The van der Waals surface area contributed by atoms with Gasteiger partial charge in [-0.25, -0.2) is 0 Å². The van der Waals surface area contributed by atoms with E-state index in [-0.39, 0.29) is 23.9 Å². The number of halogens is 1. The number of rotatable bonds is 12. The Labute approximate surface area is 185 Å². The van der Waals surface area contributed by atoms with Crippen molar-refractivity contribution in [3.63, 3.8) is 0 Å². The average Bonchev–Trinajstić information content (AvgIpc) is 2.76. The second-order valence-electron chi connectivity index (χ2n) is 7.85. The fourth-order valence-corrected chi connectivity index (χ4v) is 3.22. The minimum Gasteiger partial charge on any atom is -0.494 e. The van der Waals surface area contributed by atoms with Gasteiger partial charge < -0.3 is 14.2 Å². The molecule has 2 aromatic carbocycles. The Kier molecular flexibility index (Phi) is 9.51. The number of esters is 1. The summed E-state index contributed by atoms with van der Waals surface area (Å²) in [5.74, 6) is 1.58. The summed E-state index contributed by atoms with van der Waals surface area (Å²) in [6.07, 6.45) is 1.69. The van der Waals surface area contributed by atoms with Gasteiger partial charge in [-0.2, -0.15) is 0 Å². The third-order valence-electron chi connectivity index (χ3n) is 4.99. The van der Waals surface area contributed by atoms with Crippen molar-refractivity contribution in [2.45, 2.75) is 58.5 Å². The smallest absolute Gasteiger partial charge is 0.306 e. The second-order valence-corrected chi connectivity index (χ2v) is 8.16. The third-order valence-corrected chi connectivity index (χ3v) is 5.33. The highest BCUT2D eigenvalue weighted by molar-refractivity contribution is 6.18. The predicted molar refractivity (Wildman–Crippen MR) is 122 cm³/mol. The van der Waals surface area contributed by atoms with Crippen LogP contribution in [0.4, 0.5) is 0 Å². The highest BCUT2D eigenvalue weighted by atomic mass is 35.5. The molecule has 0 heterocycles. The van der Waals surface area contributed by atoms with Crippen LogP contribution in [0.2, 0.25) is 0 Å². The van der Waals surface area contributed by atoms with Gasteiger partial charge in [0.05, 0.1) is 12.5 Å². The minimum absolute atomic E-state index is 0.157. The summed E-state index contributed by atoms with van der Waals surface area (Å²) in [5.41, 5.74) is 2.24. The molecule has 1 atom stereocenters. The number of hydrogen-bond donors (Lipinski definition) is 0. The summed E-state index contributed by atoms with van der Waals surface area (Å²) in [7, 11) is 0. The van der Waals surface area contributed by atoms with Crippen molar-refractivity contribution in [1.82, 2.24) is 0 Å². The Morgan fingerprint density at radius 1 is 0.900 bits per heavy atom. The van der Waals surface area contributed by atoms with Gasteiger partial charge in [-0.05, 0) is 48.2 Å². The van der Waals surface area contributed by atoms with Crippen LogP contribution in [-0.4, -0.2) is 31.2 Å². The standard InChI is InChI=1S/C25H33ClO4/c1-5-7-24(27)30-23(17-26)18-29-22-14-10-20(11-15-22)25(3,4)19-8-12-21(13-9-19)28-16-6-2/h8-15,23H,5-7,16-18H2,1-4H3/t23-/m1/s1. The van der Waals surface area contributed by atoms with Crippen molar-refractivity contribution in [1.29, 1.82) is 0 Å². The van der Waals surface area contributed by atoms with E-state index >= 15 is 0 Å². The molecule has 164 valence electrons. The molecule has 30 heavy (non-hydrogen) atoms. The molecule has 0 aliphatic rings. The van der Waals surface area contributed by atoms with Crippen LogP contribution in [-0.2, 0) is 14.9 Å². The first-order chi connectivity index (χ1) is 14.4. The van der Waals surface area contributed by atoms with Crippen LogP contribution in [0.25, 0.3) is 0 Å². The third kappa shape index (κ3) is 6.94. The van der Waals surface area contributed by atoms with Crippen LogP contribution >= 0.6 is 11.6 Å². The second kappa shape index (κ2) is 11.8.